The summed E-state index contributed by atoms with van der Waals surface area (Å²) >= 11 is 0. The fourth-order valence-corrected chi connectivity index (χ4v) is 0.747. The molecule has 0 spiro atoms. The molecule has 3 nitrogen and oxygen atoms in total. The highest BCUT2D eigenvalue weighted by molar-refractivity contribution is 4.54. The molecule has 0 fully saturated rings. The molecule has 0 aliphatic heterocycles. The topological polar surface area (TPSA) is 52.5 Å². The van der Waals surface area contributed by atoms with Crippen LogP contribution >= 0.6 is 0 Å². The predicted molar refractivity (Wildman–Crippen MR) is 45.5 cm³/mol. The Hall–Kier alpha value is -0.120. The van der Waals surface area contributed by atoms with Crippen LogP contribution in [0.5, 0.6) is 0 Å². The Balaban J connectivity index is 2.91. The summed E-state index contributed by atoms with van der Waals surface area (Å²) in [6.45, 7) is 5.20. The van der Waals surface area contributed by atoms with Crippen molar-refractivity contribution >= 4 is 0 Å². The molecule has 3 N–H and O–H groups in total. The fraction of sp³-hybridized carbons (Fsp3) is 1.00. The highest BCUT2D eigenvalue weighted by Gasteiger charge is 1.96. The predicted octanol–water partition coefficient (Wildman–Crippen LogP) is 0.118. The second kappa shape index (κ2) is 6.58. The average Bonchev–Trinajstić information content (AvgIpc) is 1.85. The van der Waals surface area contributed by atoms with Crippen LogP contribution < -0.4 is 5.32 Å². The summed E-state index contributed by atoms with van der Waals surface area (Å²) in [7, 11) is 0. The van der Waals surface area contributed by atoms with E-state index in [4.69, 9.17) is 10.2 Å². The standard InChI is InChI=1S/C8H19NO2/c1-7(10)3-5-9-6-4-8(2)11/h7-11H,3-6H2,1-2H3. The van der Waals surface area contributed by atoms with Crippen molar-refractivity contribution in [1.29, 1.82) is 0 Å². The number of hydrogen-bond acceptors (Lipinski definition) is 3. The highest BCUT2D eigenvalue weighted by Crippen LogP contribution is 1.88. The van der Waals surface area contributed by atoms with Gasteiger partial charge in [0.2, 0.25) is 0 Å². The Morgan fingerprint density at radius 2 is 1.36 bits per heavy atom. The molecular weight excluding hydrogens is 142 g/mol. The van der Waals surface area contributed by atoms with Gasteiger partial charge in [0.05, 0.1) is 12.2 Å². The fourth-order valence-electron chi connectivity index (χ4n) is 0.747. The lowest BCUT2D eigenvalue weighted by molar-refractivity contribution is 0.175. The molecular formula is C8H19NO2. The minimum absolute atomic E-state index is 0.228. The summed E-state index contributed by atoms with van der Waals surface area (Å²) in [6.07, 6.45) is 1.10. The molecule has 0 saturated carbocycles. The molecule has 3 heteroatoms. The third-order valence-corrected chi connectivity index (χ3v) is 1.48. The van der Waals surface area contributed by atoms with Gasteiger partial charge in [-0.2, -0.15) is 0 Å². The molecule has 0 saturated heterocycles. The molecule has 0 heterocycles. The Bertz CT molecular complexity index is 74.2. The quantitative estimate of drug-likeness (QED) is 0.485. The Labute approximate surface area is 68.4 Å². The first-order valence-corrected chi connectivity index (χ1v) is 4.19. The number of aliphatic hydroxyl groups is 2. The molecule has 0 aliphatic rings. The van der Waals surface area contributed by atoms with Crippen LogP contribution in [0.15, 0.2) is 0 Å². The third kappa shape index (κ3) is 9.88. The van der Waals surface area contributed by atoms with Crippen LogP contribution in [0.2, 0.25) is 0 Å². The second-order valence-corrected chi connectivity index (χ2v) is 3.03. The van der Waals surface area contributed by atoms with E-state index in [1.807, 2.05) is 0 Å². The van der Waals surface area contributed by atoms with Crippen LogP contribution in [0.3, 0.4) is 0 Å². The van der Waals surface area contributed by atoms with E-state index in [2.05, 4.69) is 5.32 Å². The number of hydrogen-bond donors (Lipinski definition) is 3. The summed E-state index contributed by atoms with van der Waals surface area (Å²) in [6, 6.07) is 0. The molecule has 0 amide bonds. The van der Waals surface area contributed by atoms with Crippen LogP contribution in [0.25, 0.3) is 0 Å². The summed E-state index contributed by atoms with van der Waals surface area (Å²) in [4.78, 5) is 0. The van der Waals surface area contributed by atoms with Crippen molar-refractivity contribution in [2.24, 2.45) is 0 Å². The highest BCUT2D eigenvalue weighted by atomic mass is 16.3. The summed E-state index contributed by atoms with van der Waals surface area (Å²) in [5.74, 6) is 0. The molecule has 68 valence electrons. The lowest BCUT2D eigenvalue weighted by Gasteiger charge is -2.07. The Morgan fingerprint density at radius 3 is 1.64 bits per heavy atom. The molecule has 0 radical (unpaired) electrons. The maximum atomic E-state index is 8.87. The van der Waals surface area contributed by atoms with Crippen molar-refractivity contribution in [3.63, 3.8) is 0 Å². The van der Waals surface area contributed by atoms with Gasteiger partial charge in [0.15, 0.2) is 0 Å². The SMILES string of the molecule is CC(O)CCNCCC(C)O. The van der Waals surface area contributed by atoms with Crippen molar-refractivity contribution in [3.05, 3.63) is 0 Å². The van der Waals surface area contributed by atoms with Gasteiger partial charge in [-0.15, -0.1) is 0 Å². The van der Waals surface area contributed by atoms with Gasteiger partial charge in [0, 0.05) is 0 Å². The van der Waals surface area contributed by atoms with Gasteiger partial charge >= 0.3 is 0 Å². The molecule has 0 aromatic rings. The van der Waals surface area contributed by atoms with Crippen molar-refractivity contribution in [1.82, 2.24) is 5.32 Å². The minimum atomic E-state index is -0.228. The van der Waals surface area contributed by atoms with Crippen LogP contribution in [0, 0.1) is 0 Å². The third-order valence-electron chi connectivity index (χ3n) is 1.48. The number of aliphatic hydroxyl groups excluding tert-OH is 2. The second-order valence-electron chi connectivity index (χ2n) is 3.03. The van der Waals surface area contributed by atoms with E-state index in [1.54, 1.807) is 13.8 Å². The summed E-state index contributed by atoms with van der Waals surface area (Å²) in [5, 5.41) is 20.9. The summed E-state index contributed by atoms with van der Waals surface area (Å²) < 4.78 is 0. The number of rotatable bonds is 6. The smallest absolute Gasteiger partial charge is 0.0524 e. The van der Waals surface area contributed by atoms with Crippen LogP contribution in [0.1, 0.15) is 26.7 Å². The molecule has 11 heavy (non-hydrogen) atoms. The maximum absolute atomic E-state index is 8.87. The van der Waals surface area contributed by atoms with E-state index < -0.39 is 0 Å². The monoisotopic (exact) mass is 161 g/mol. The van der Waals surface area contributed by atoms with Gasteiger partial charge in [-0.05, 0) is 39.8 Å². The lowest BCUT2D eigenvalue weighted by Crippen LogP contribution is -2.22. The average molecular weight is 161 g/mol. The molecule has 0 aromatic carbocycles. The van der Waals surface area contributed by atoms with Gasteiger partial charge in [0.1, 0.15) is 0 Å². The van der Waals surface area contributed by atoms with Crippen LogP contribution in [0.4, 0.5) is 0 Å². The van der Waals surface area contributed by atoms with E-state index >= 15 is 0 Å². The van der Waals surface area contributed by atoms with Gasteiger partial charge in [-0.3, -0.25) is 0 Å². The zero-order valence-electron chi connectivity index (χ0n) is 7.38. The van der Waals surface area contributed by atoms with E-state index in [0.717, 1.165) is 25.9 Å². The first-order valence-electron chi connectivity index (χ1n) is 4.19. The lowest BCUT2D eigenvalue weighted by atomic mass is 10.2. The van der Waals surface area contributed by atoms with E-state index in [1.165, 1.54) is 0 Å². The summed E-state index contributed by atoms with van der Waals surface area (Å²) in [5.41, 5.74) is 0. The van der Waals surface area contributed by atoms with Crippen molar-refractivity contribution in [2.45, 2.75) is 38.9 Å². The van der Waals surface area contributed by atoms with Gasteiger partial charge in [-0.1, -0.05) is 0 Å². The Kier molecular flexibility index (Phi) is 6.51. The zero-order chi connectivity index (χ0) is 8.69. The van der Waals surface area contributed by atoms with Gasteiger partial charge < -0.3 is 15.5 Å². The van der Waals surface area contributed by atoms with Crippen LogP contribution in [-0.2, 0) is 0 Å². The van der Waals surface area contributed by atoms with E-state index in [0.29, 0.717) is 0 Å². The largest absolute Gasteiger partial charge is 0.393 e. The zero-order valence-corrected chi connectivity index (χ0v) is 7.38. The molecule has 0 rings (SSSR count). The maximum Gasteiger partial charge on any atom is 0.0524 e. The molecule has 2 unspecified atom stereocenters. The Morgan fingerprint density at radius 1 is 1.00 bits per heavy atom. The minimum Gasteiger partial charge on any atom is -0.393 e. The van der Waals surface area contributed by atoms with Crippen molar-refractivity contribution < 1.29 is 10.2 Å². The van der Waals surface area contributed by atoms with Crippen LogP contribution in [-0.4, -0.2) is 35.5 Å². The van der Waals surface area contributed by atoms with Gasteiger partial charge in [-0.25, -0.2) is 0 Å². The number of nitrogens with one attached hydrogen (secondary N) is 1. The molecule has 0 aliphatic carbocycles. The molecule has 0 aromatic heterocycles. The normalized spacial score (nSPS) is 16.4. The molecule has 0 bridgehead atoms. The van der Waals surface area contributed by atoms with Crippen molar-refractivity contribution in [2.75, 3.05) is 13.1 Å². The van der Waals surface area contributed by atoms with Gasteiger partial charge in [0.25, 0.3) is 0 Å². The molecule has 2 atom stereocenters. The first-order chi connectivity index (χ1) is 5.13. The van der Waals surface area contributed by atoms with Crippen molar-refractivity contribution in [3.8, 4) is 0 Å². The first kappa shape index (κ1) is 10.9. The van der Waals surface area contributed by atoms with E-state index in [-0.39, 0.29) is 12.2 Å². The van der Waals surface area contributed by atoms with E-state index in [9.17, 15) is 0 Å².